The Balaban J connectivity index is 1.47. The van der Waals surface area contributed by atoms with Gasteiger partial charge in [-0.3, -0.25) is 9.69 Å². The average molecular weight is 403 g/mol. The fraction of sp³-hybridized carbons (Fsp3) is 0.696. The van der Waals surface area contributed by atoms with Gasteiger partial charge in [-0.15, -0.1) is 0 Å². The van der Waals surface area contributed by atoms with Crippen molar-refractivity contribution in [3.8, 4) is 0 Å². The van der Waals surface area contributed by atoms with Gasteiger partial charge in [-0.2, -0.15) is 0 Å². The van der Waals surface area contributed by atoms with E-state index in [0.29, 0.717) is 6.61 Å². The number of hydrogen-bond acceptors (Lipinski definition) is 5. The van der Waals surface area contributed by atoms with Crippen molar-refractivity contribution in [2.75, 3.05) is 66.6 Å². The van der Waals surface area contributed by atoms with Crippen molar-refractivity contribution in [2.45, 2.75) is 31.8 Å². The molecule has 0 spiro atoms. The number of piperidine rings is 1. The van der Waals surface area contributed by atoms with E-state index in [9.17, 15) is 4.79 Å². The molecule has 0 saturated carbocycles. The molecule has 0 aromatic heterocycles. The second-order valence-electron chi connectivity index (χ2n) is 8.52. The van der Waals surface area contributed by atoms with E-state index in [0.717, 1.165) is 71.6 Å². The van der Waals surface area contributed by atoms with Crippen LogP contribution in [0.2, 0.25) is 0 Å². The lowest BCUT2D eigenvalue weighted by Gasteiger charge is -2.40. The molecule has 29 heavy (non-hydrogen) atoms. The number of piperazine rings is 1. The minimum absolute atomic E-state index is 0.0102. The lowest BCUT2D eigenvalue weighted by Crippen LogP contribution is -2.52. The van der Waals surface area contributed by atoms with Gasteiger partial charge in [0, 0.05) is 52.4 Å². The molecule has 2 saturated heterocycles. The van der Waals surface area contributed by atoms with Crippen molar-refractivity contribution in [3.05, 3.63) is 35.9 Å². The molecular weight excluding hydrogens is 364 g/mol. The van der Waals surface area contributed by atoms with Crippen LogP contribution in [-0.4, -0.2) is 93.2 Å². The molecule has 0 unspecified atom stereocenters. The first-order valence-electron chi connectivity index (χ1n) is 11.1. The maximum Gasteiger partial charge on any atom is 0.224 e. The summed E-state index contributed by atoms with van der Waals surface area (Å²) in [4.78, 5) is 20.3. The van der Waals surface area contributed by atoms with Gasteiger partial charge in [-0.1, -0.05) is 30.3 Å². The lowest BCUT2D eigenvalue weighted by molar-refractivity contribution is -0.130. The van der Waals surface area contributed by atoms with Gasteiger partial charge < -0.3 is 19.9 Å². The molecule has 0 radical (unpaired) electrons. The number of amides is 1. The molecule has 0 aliphatic carbocycles. The number of methoxy groups -OCH3 is 1. The van der Waals surface area contributed by atoms with Crippen molar-refractivity contribution < 1.29 is 9.53 Å². The predicted octanol–water partition coefficient (Wildman–Crippen LogP) is 1.67. The van der Waals surface area contributed by atoms with Crippen LogP contribution >= 0.6 is 0 Å². The molecule has 0 bridgehead atoms. The van der Waals surface area contributed by atoms with Gasteiger partial charge in [-0.25, -0.2) is 0 Å². The standard InChI is InChI=1S/C23H38N4O2/c1-25-14-16-26(17-15-25)12-7-11-24-23(28)21-10-6-13-27(22(21)19-29-2)18-20-8-4-3-5-9-20/h3-5,8-9,21-22H,6-7,10-19H2,1-2H3,(H,24,28)/t21-,22-/m1/s1. The van der Waals surface area contributed by atoms with Crippen LogP contribution in [0.1, 0.15) is 24.8 Å². The van der Waals surface area contributed by atoms with Gasteiger partial charge >= 0.3 is 0 Å². The molecular formula is C23H38N4O2. The number of likely N-dealkylation sites (N-methyl/N-ethyl adjacent to an activating group) is 1. The Kier molecular flexibility index (Phi) is 8.92. The van der Waals surface area contributed by atoms with E-state index in [2.05, 4.69) is 51.3 Å². The van der Waals surface area contributed by atoms with Gasteiger partial charge in [0.05, 0.1) is 12.5 Å². The smallest absolute Gasteiger partial charge is 0.224 e. The second-order valence-corrected chi connectivity index (χ2v) is 8.52. The molecule has 2 heterocycles. The molecule has 162 valence electrons. The Morgan fingerprint density at radius 2 is 1.90 bits per heavy atom. The molecule has 3 rings (SSSR count). The number of nitrogens with zero attached hydrogens (tertiary/aromatic N) is 3. The zero-order valence-electron chi connectivity index (χ0n) is 18.2. The van der Waals surface area contributed by atoms with Crippen LogP contribution < -0.4 is 5.32 Å². The normalized spacial score (nSPS) is 24.5. The van der Waals surface area contributed by atoms with Gasteiger partial charge in [0.2, 0.25) is 5.91 Å². The zero-order chi connectivity index (χ0) is 20.5. The average Bonchev–Trinajstić information content (AvgIpc) is 2.74. The number of carbonyl (C=O) groups is 1. The SMILES string of the molecule is COC[C@@H]1[C@H](C(=O)NCCCN2CCN(C)CC2)CCCN1Cc1ccccc1. The number of nitrogens with one attached hydrogen (secondary N) is 1. The maximum absolute atomic E-state index is 13.0. The minimum atomic E-state index is 0.0102. The van der Waals surface area contributed by atoms with Crippen molar-refractivity contribution in [1.29, 1.82) is 0 Å². The van der Waals surface area contributed by atoms with Crippen LogP contribution in [0.25, 0.3) is 0 Å². The lowest BCUT2D eigenvalue weighted by atomic mass is 9.88. The highest BCUT2D eigenvalue weighted by Gasteiger charge is 2.35. The van der Waals surface area contributed by atoms with Crippen molar-refractivity contribution in [2.24, 2.45) is 5.92 Å². The predicted molar refractivity (Wildman–Crippen MR) is 117 cm³/mol. The molecule has 2 aliphatic rings. The molecule has 6 nitrogen and oxygen atoms in total. The number of ether oxygens (including phenoxy) is 1. The van der Waals surface area contributed by atoms with E-state index in [1.165, 1.54) is 5.56 Å². The highest BCUT2D eigenvalue weighted by molar-refractivity contribution is 5.79. The fourth-order valence-electron chi connectivity index (χ4n) is 4.56. The molecule has 2 fully saturated rings. The van der Waals surface area contributed by atoms with Crippen LogP contribution in [-0.2, 0) is 16.1 Å². The highest BCUT2D eigenvalue weighted by atomic mass is 16.5. The van der Waals surface area contributed by atoms with Crippen molar-refractivity contribution in [3.63, 3.8) is 0 Å². The van der Waals surface area contributed by atoms with Gasteiger partial charge in [0.1, 0.15) is 0 Å². The van der Waals surface area contributed by atoms with Crippen LogP contribution in [0.5, 0.6) is 0 Å². The third kappa shape index (κ3) is 6.78. The monoisotopic (exact) mass is 402 g/mol. The molecule has 2 aliphatic heterocycles. The summed E-state index contributed by atoms with van der Waals surface area (Å²) in [6, 6.07) is 10.7. The minimum Gasteiger partial charge on any atom is -0.383 e. The summed E-state index contributed by atoms with van der Waals surface area (Å²) in [6.45, 7) is 8.90. The van der Waals surface area contributed by atoms with Crippen LogP contribution in [0, 0.1) is 5.92 Å². The number of rotatable bonds is 9. The summed E-state index contributed by atoms with van der Waals surface area (Å²) in [5.41, 5.74) is 1.29. The molecule has 1 amide bonds. The summed E-state index contributed by atoms with van der Waals surface area (Å²) in [5.74, 6) is 0.208. The number of likely N-dealkylation sites (tertiary alicyclic amines) is 1. The van der Waals surface area contributed by atoms with E-state index in [1.54, 1.807) is 7.11 Å². The fourth-order valence-corrected chi connectivity index (χ4v) is 4.56. The van der Waals surface area contributed by atoms with Gasteiger partial charge in [0.15, 0.2) is 0 Å². The Bertz CT molecular complexity index is 604. The van der Waals surface area contributed by atoms with Crippen LogP contribution in [0.4, 0.5) is 0 Å². The largest absolute Gasteiger partial charge is 0.383 e. The topological polar surface area (TPSA) is 48.1 Å². The Morgan fingerprint density at radius 3 is 2.62 bits per heavy atom. The van der Waals surface area contributed by atoms with Crippen molar-refractivity contribution >= 4 is 5.91 Å². The van der Waals surface area contributed by atoms with E-state index in [-0.39, 0.29) is 17.9 Å². The Morgan fingerprint density at radius 1 is 1.14 bits per heavy atom. The quantitative estimate of drug-likeness (QED) is 0.637. The van der Waals surface area contributed by atoms with Crippen LogP contribution in [0.3, 0.4) is 0 Å². The molecule has 1 N–H and O–H groups in total. The summed E-state index contributed by atoms with van der Waals surface area (Å²) in [5, 5.41) is 3.22. The van der Waals surface area contributed by atoms with E-state index in [1.807, 2.05) is 6.07 Å². The van der Waals surface area contributed by atoms with E-state index >= 15 is 0 Å². The van der Waals surface area contributed by atoms with Gasteiger partial charge in [0.25, 0.3) is 0 Å². The molecule has 1 aromatic carbocycles. The summed E-state index contributed by atoms with van der Waals surface area (Å²) >= 11 is 0. The summed E-state index contributed by atoms with van der Waals surface area (Å²) in [7, 11) is 3.92. The third-order valence-electron chi connectivity index (χ3n) is 6.34. The number of benzene rings is 1. The van der Waals surface area contributed by atoms with Crippen LogP contribution in [0.15, 0.2) is 30.3 Å². The van der Waals surface area contributed by atoms with E-state index < -0.39 is 0 Å². The molecule has 6 heteroatoms. The number of carbonyl (C=O) groups excluding carboxylic acids is 1. The first-order chi connectivity index (χ1) is 14.2. The first kappa shape index (κ1) is 22.2. The molecule has 1 aromatic rings. The van der Waals surface area contributed by atoms with E-state index in [4.69, 9.17) is 4.74 Å². The van der Waals surface area contributed by atoms with Crippen molar-refractivity contribution in [1.82, 2.24) is 20.0 Å². The summed E-state index contributed by atoms with van der Waals surface area (Å²) < 4.78 is 5.51. The number of hydrogen-bond donors (Lipinski definition) is 1. The third-order valence-corrected chi connectivity index (χ3v) is 6.34. The second kappa shape index (κ2) is 11.6. The van der Waals surface area contributed by atoms with Gasteiger partial charge in [-0.05, 0) is 45.0 Å². The highest BCUT2D eigenvalue weighted by Crippen LogP contribution is 2.26. The summed E-state index contributed by atoms with van der Waals surface area (Å²) in [6.07, 6.45) is 3.03. The maximum atomic E-state index is 13.0. The molecule has 2 atom stereocenters. The zero-order valence-corrected chi connectivity index (χ0v) is 18.2. The Hall–Kier alpha value is -1.47. The first-order valence-corrected chi connectivity index (χ1v) is 11.1. The Labute approximate surface area is 176 Å².